The van der Waals surface area contributed by atoms with E-state index in [9.17, 15) is 0 Å². The maximum absolute atomic E-state index is 5.86. The average molecular weight is 201 g/mol. The van der Waals surface area contributed by atoms with E-state index in [-0.39, 0.29) is 0 Å². The Morgan fingerprint density at radius 3 is 2.80 bits per heavy atom. The van der Waals surface area contributed by atoms with Crippen LogP contribution >= 0.6 is 0 Å². The zero-order chi connectivity index (χ0) is 10.3. The van der Waals surface area contributed by atoms with Crippen molar-refractivity contribution in [1.29, 1.82) is 0 Å². The molecule has 3 rings (SSSR count). The van der Waals surface area contributed by atoms with E-state index in [1.165, 1.54) is 38.5 Å². The van der Waals surface area contributed by atoms with E-state index in [4.69, 9.17) is 5.73 Å². The lowest BCUT2D eigenvalue weighted by molar-refractivity contribution is 0.519. The minimum atomic E-state index is 0.484. The molecule has 0 heterocycles. The molecule has 1 heteroatoms. The predicted octanol–water partition coefficient (Wildman–Crippen LogP) is 2.46. The molecule has 0 saturated heterocycles. The standard InChI is InChI=1S/C14H19N/c15-10-14(7-8-14)9-12-5-1-3-11-4-2-6-13(11)12/h1,3,5H,2,4,6-10,15H2. The van der Waals surface area contributed by atoms with Gasteiger partial charge in [-0.1, -0.05) is 18.2 Å². The molecule has 0 unspecified atom stereocenters. The zero-order valence-electron chi connectivity index (χ0n) is 9.26. The highest BCUT2D eigenvalue weighted by Crippen LogP contribution is 2.48. The summed E-state index contributed by atoms with van der Waals surface area (Å²) in [5.74, 6) is 0. The summed E-state index contributed by atoms with van der Waals surface area (Å²) in [5, 5.41) is 0. The largest absolute Gasteiger partial charge is 0.330 e. The van der Waals surface area contributed by atoms with Gasteiger partial charge in [0.05, 0.1) is 0 Å². The third-order valence-electron chi connectivity index (χ3n) is 4.20. The highest BCUT2D eigenvalue weighted by Gasteiger charge is 2.41. The van der Waals surface area contributed by atoms with Crippen molar-refractivity contribution in [3.05, 3.63) is 34.9 Å². The van der Waals surface area contributed by atoms with Crippen LogP contribution in [0.2, 0.25) is 0 Å². The molecular weight excluding hydrogens is 182 g/mol. The molecule has 0 atom stereocenters. The van der Waals surface area contributed by atoms with Crippen molar-refractivity contribution in [2.24, 2.45) is 11.1 Å². The maximum Gasteiger partial charge on any atom is -0.00173 e. The summed E-state index contributed by atoms with van der Waals surface area (Å²) in [7, 11) is 0. The third kappa shape index (κ3) is 1.59. The smallest absolute Gasteiger partial charge is 0.00173 e. The van der Waals surface area contributed by atoms with Gasteiger partial charge >= 0.3 is 0 Å². The van der Waals surface area contributed by atoms with Crippen molar-refractivity contribution >= 4 is 0 Å². The SMILES string of the molecule is NCC1(Cc2cccc3c2CCC3)CC1. The second kappa shape index (κ2) is 3.34. The first-order valence-electron chi connectivity index (χ1n) is 6.13. The summed E-state index contributed by atoms with van der Waals surface area (Å²) in [6.45, 7) is 0.872. The predicted molar refractivity (Wildman–Crippen MR) is 62.9 cm³/mol. The number of benzene rings is 1. The lowest BCUT2D eigenvalue weighted by atomic mass is 9.92. The quantitative estimate of drug-likeness (QED) is 0.798. The number of rotatable bonds is 3. The fourth-order valence-electron chi connectivity index (χ4n) is 2.90. The van der Waals surface area contributed by atoms with Gasteiger partial charge in [-0.3, -0.25) is 0 Å². The molecule has 2 aliphatic carbocycles. The van der Waals surface area contributed by atoms with E-state index in [0.717, 1.165) is 6.54 Å². The zero-order valence-corrected chi connectivity index (χ0v) is 9.26. The molecule has 2 N–H and O–H groups in total. The topological polar surface area (TPSA) is 26.0 Å². The molecule has 0 aromatic heterocycles. The minimum Gasteiger partial charge on any atom is -0.330 e. The van der Waals surface area contributed by atoms with Crippen molar-refractivity contribution in [3.63, 3.8) is 0 Å². The first-order valence-corrected chi connectivity index (χ1v) is 6.13. The molecule has 0 amide bonds. The second-order valence-electron chi connectivity index (χ2n) is 5.29. The van der Waals surface area contributed by atoms with Gasteiger partial charge in [-0.2, -0.15) is 0 Å². The van der Waals surface area contributed by atoms with Gasteiger partial charge in [0, 0.05) is 0 Å². The molecule has 1 aromatic carbocycles. The van der Waals surface area contributed by atoms with Crippen LogP contribution in [0.5, 0.6) is 0 Å². The summed E-state index contributed by atoms with van der Waals surface area (Å²) in [5.41, 5.74) is 11.2. The van der Waals surface area contributed by atoms with Gasteiger partial charge in [0.1, 0.15) is 0 Å². The fourth-order valence-corrected chi connectivity index (χ4v) is 2.90. The first-order chi connectivity index (χ1) is 7.33. The second-order valence-corrected chi connectivity index (χ2v) is 5.29. The van der Waals surface area contributed by atoms with Crippen molar-refractivity contribution in [2.45, 2.75) is 38.5 Å². The number of fused-ring (bicyclic) bond motifs is 1. The Bertz CT molecular complexity index is 377. The number of nitrogens with two attached hydrogens (primary N) is 1. The number of aryl methyl sites for hydroxylation is 1. The van der Waals surface area contributed by atoms with Gasteiger partial charge in [0.2, 0.25) is 0 Å². The maximum atomic E-state index is 5.86. The Morgan fingerprint density at radius 1 is 1.20 bits per heavy atom. The first kappa shape index (κ1) is 9.41. The Hall–Kier alpha value is -0.820. The fraction of sp³-hybridized carbons (Fsp3) is 0.571. The minimum absolute atomic E-state index is 0.484. The molecular formula is C14H19N. The number of hydrogen-bond acceptors (Lipinski definition) is 1. The molecule has 15 heavy (non-hydrogen) atoms. The molecule has 0 bridgehead atoms. The van der Waals surface area contributed by atoms with Crippen LogP contribution in [0.15, 0.2) is 18.2 Å². The molecule has 0 aliphatic heterocycles. The lowest BCUT2D eigenvalue weighted by Crippen LogP contribution is -2.18. The molecule has 1 fully saturated rings. The lowest BCUT2D eigenvalue weighted by Gasteiger charge is -2.15. The third-order valence-corrected chi connectivity index (χ3v) is 4.20. The van der Waals surface area contributed by atoms with Crippen LogP contribution in [0, 0.1) is 5.41 Å². The van der Waals surface area contributed by atoms with Crippen LogP contribution in [-0.4, -0.2) is 6.54 Å². The van der Waals surface area contributed by atoms with Crippen LogP contribution in [0.1, 0.15) is 36.0 Å². The van der Waals surface area contributed by atoms with Crippen LogP contribution in [0.3, 0.4) is 0 Å². The van der Waals surface area contributed by atoms with E-state index in [1.807, 2.05) is 0 Å². The monoisotopic (exact) mass is 201 g/mol. The molecule has 2 aliphatic rings. The van der Waals surface area contributed by atoms with Crippen molar-refractivity contribution < 1.29 is 0 Å². The Balaban J connectivity index is 1.89. The molecule has 1 saturated carbocycles. The van der Waals surface area contributed by atoms with Crippen LogP contribution in [-0.2, 0) is 19.3 Å². The Labute approximate surface area is 91.7 Å². The summed E-state index contributed by atoms with van der Waals surface area (Å²) in [4.78, 5) is 0. The molecule has 1 nitrogen and oxygen atoms in total. The van der Waals surface area contributed by atoms with Gasteiger partial charge in [0.25, 0.3) is 0 Å². The van der Waals surface area contributed by atoms with Crippen LogP contribution in [0.25, 0.3) is 0 Å². The van der Waals surface area contributed by atoms with Crippen LogP contribution in [0.4, 0.5) is 0 Å². The van der Waals surface area contributed by atoms with E-state index < -0.39 is 0 Å². The van der Waals surface area contributed by atoms with E-state index >= 15 is 0 Å². The molecule has 80 valence electrons. The average Bonchev–Trinajstić information content (AvgIpc) is 2.87. The van der Waals surface area contributed by atoms with Crippen molar-refractivity contribution in [2.75, 3.05) is 6.54 Å². The molecule has 0 radical (unpaired) electrons. The van der Waals surface area contributed by atoms with Gasteiger partial charge in [-0.05, 0) is 67.2 Å². The summed E-state index contributed by atoms with van der Waals surface area (Å²) >= 11 is 0. The molecule has 0 spiro atoms. The van der Waals surface area contributed by atoms with Crippen molar-refractivity contribution in [3.8, 4) is 0 Å². The normalized spacial score (nSPS) is 21.4. The Kier molecular flexibility index (Phi) is 2.10. The highest BCUT2D eigenvalue weighted by atomic mass is 14.6. The van der Waals surface area contributed by atoms with Crippen LogP contribution < -0.4 is 5.73 Å². The molecule has 1 aromatic rings. The highest BCUT2D eigenvalue weighted by molar-refractivity contribution is 5.39. The van der Waals surface area contributed by atoms with Gasteiger partial charge in [-0.25, -0.2) is 0 Å². The Morgan fingerprint density at radius 2 is 2.07 bits per heavy atom. The van der Waals surface area contributed by atoms with Gasteiger partial charge in [-0.15, -0.1) is 0 Å². The number of hydrogen-bond donors (Lipinski definition) is 1. The van der Waals surface area contributed by atoms with E-state index in [1.54, 1.807) is 16.7 Å². The summed E-state index contributed by atoms with van der Waals surface area (Å²) in [6.07, 6.45) is 7.85. The van der Waals surface area contributed by atoms with E-state index in [0.29, 0.717) is 5.41 Å². The van der Waals surface area contributed by atoms with Gasteiger partial charge < -0.3 is 5.73 Å². The van der Waals surface area contributed by atoms with Crippen molar-refractivity contribution in [1.82, 2.24) is 0 Å². The van der Waals surface area contributed by atoms with E-state index in [2.05, 4.69) is 18.2 Å². The van der Waals surface area contributed by atoms with Gasteiger partial charge in [0.15, 0.2) is 0 Å². The summed E-state index contributed by atoms with van der Waals surface area (Å²) in [6, 6.07) is 6.85. The summed E-state index contributed by atoms with van der Waals surface area (Å²) < 4.78 is 0.